The smallest absolute Gasteiger partial charge is 0.253 e. The number of aromatic nitrogens is 1. The minimum Gasteiger partial charge on any atom is -0.383 e. The molecule has 0 fully saturated rings. The van der Waals surface area contributed by atoms with E-state index in [1.165, 1.54) is 0 Å². The molecular formula is C15H19N3O. The van der Waals surface area contributed by atoms with Gasteiger partial charge in [-0.2, -0.15) is 0 Å². The second-order valence-corrected chi connectivity index (χ2v) is 5.04. The quantitative estimate of drug-likeness (QED) is 0.884. The van der Waals surface area contributed by atoms with Gasteiger partial charge in [-0.3, -0.25) is 4.79 Å². The number of fused-ring (bicyclic) bond motifs is 1. The number of pyridine rings is 1. The van der Waals surface area contributed by atoms with Gasteiger partial charge >= 0.3 is 0 Å². The topological polar surface area (TPSA) is 68.0 Å². The molecule has 3 N–H and O–H groups in total. The highest BCUT2D eigenvalue weighted by Crippen LogP contribution is 2.22. The van der Waals surface area contributed by atoms with Gasteiger partial charge in [0.25, 0.3) is 5.91 Å². The van der Waals surface area contributed by atoms with Crippen LogP contribution < -0.4 is 11.1 Å². The van der Waals surface area contributed by atoms with Crippen LogP contribution in [-0.4, -0.2) is 17.4 Å². The van der Waals surface area contributed by atoms with Crippen LogP contribution in [0.5, 0.6) is 0 Å². The van der Waals surface area contributed by atoms with Crippen LogP contribution in [-0.2, 0) is 0 Å². The average Bonchev–Trinajstić information content (AvgIpc) is 2.39. The first-order valence-corrected chi connectivity index (χ1v) is 6.51. The maximum atomic E-state index is 12.2. The number of nitrogens with two attached hydrogens (primary N) is 1. The standard InChI is InChI=1S/C15H19N3O/c1-10(2)7-8-17-15(19)13-9-18-14(16)12-6-4-3-5-11(12)13/h3-6,9-10H,7-8H2,1-2H3,(H2,16,18)(H,17,19). The zero-order valence-corrected chi connectivity index (χ0v) is 11.3. The van der Waals surface area contributed by atoms with E-state index in [-0.39, 0.29) is 5.91 Å². The maximum absolute atomic E-state index is 12.2. The zero-order valence-electron chi connectivity index (χ0n) is 11.3. The number of benzene rings is 1. The molecule has 0 aliphatic heterocycles. The van der Waals surface area contributed by atoms with Gasteiger partial charge in [0.05, 0.1) is 5.56 Å². The molecule has 2 rings (SSSR count). The Labute approximate surface area is 113 Å². The van der Waals surface area contributed by atoms with Crippen molar-refractivity contribution < 1.29 is 4.79 Å². The summed E-state index contributed by atoms with van der Waals surface area (Å²) >= 11 is 0. The molecule has 0 spiro atoms. The molecule has 0 atom stereocenters. The van der Waals surface area contributed by atoms with Crippen molar-refractivity contribution in [3.63, 3.8) is 0 Å². The number of nitrogens with one attached hydrogen (secondary N) is 1. The third-order valence-corrected chi connectivity index (χ3v) is 3.08. The molecule has 0 bridgehead atoms. The first-order valence-electron chi connectivity index (χ1n) is 6.51. The molecule has 0 aliphatic rings. The molecule has 100 valence electrons. The number of hydrogen-bond acceptors (Lipinski definition) is 3. The molecule has 2 aromatic rings. The highest BCUT2D eigenvalue weighted by molar-refractivity contribution is 6.08. The Bertz CT molecular complexity index is 593. The van der Waals surface area contributed by atoms with Crippen molar-refractivity contribution in [3.05, 3.63) is 36.0 Å². The van der Waals surface area contributed by atoms with E-state index in [2.05, 4.69) is 24.1 Å². The first-order chi connectivity index (χ1) is 9.09. The summed E-state index contributed by atoms with van der Waals surface area (Å²) in [6.07, 6.45) is 2.51. The maximum Gasteiger partial charge on any atom is 0.253 e. The van der Waals surface area contributed by atoms with E-state index in [4.69, 9.17) is 5.73 Å². The van der Waals surface area contributed by atoms with Gasteiger partial charge in [0.1, 0.15) is 5.82 Å². The minimum atomic E-state index is -0.0932. The Kier molecular flexibility index (Phi) is 4.00. The van der Waals surface area contributed by atoms with E-state index < -0.39 is 0 Å². The number of nitrogen functional groups attached to an aromatic ring is 1. The third-order valence-electron chi connectivity index (χ3n) is 3.08. The van der Waals surface area contributed by atoms with Crippen molar-refractivity contribution in [3.8, 4) is 0 Å². The summed E-state index contributed by atoms with van der Waals surface area (Å²) in [5, 5.41) is 4.59. The van der Waals surface area contributed by atoms with Gasteiger partial charge < -0.3 is 11.1 Å². The van der Waals surface area contributed by atoms with Gasteiger partial charge in [-0.25, -0.2) is 4.98 Å². The molecule has 1 aromatic heterocycles. The average molecular weight is 257 g/mol. The third kappa shape index (κ3) is 3.02. The highest BCUT2D eigenvalue weighted by atomic mass is 16.1. The van der Waals surface area contributed by atoms with E-state index in [0.29, 0.717) is 23.8 Å². The Morgan fingerprint density at radius 3 is 2.68 bits per heavy atom. The normalized spacial score (nSPS) is 10.9. The fourth-order valence-electron chi connectivity index (χ4n) is 1.97. The van der Waals surface area contributed by atoms with E-state index in [1.807, 2.05) is 24.3 Å². The summed E-state index contributed by atoms with van der Waals surface area (Å²) in [5.41, 5.74) is 6.40. The van der Waals surface area contributed by atoms with Gasteiger partial charge in [0, 0.05) is 18.1 Å². The predicted molar refractivity (Wildman–Crippen MR) is 77.9 cm³/mol. The molecule has 0 saturated heterocycles. The fourth-order valence-corrected chi connectivity index (χ4v) is 1.97. The number of nitrogens with zero attached hydrogens (tertiary/aromatic N) is 1. The zero-order chi connectivity index (χ0) is 13.8. The van der Waals surface area contributed by atoms with Gasteiger partial charge in [0.2, 0.25) is 0 Å². The molecule has 4 nitrogen and oxygen atoms in total. The number of hydrogen-bond donors (Lipinski definition) is 2. The van der Waals surface area contributed by atoms with Crippen molar-refractivity contribution in [1.29, 1.82) is 0 Å². The van der Waals surface area contributed by atoms with Crippen LogP contribution in [0.2, 0.25) is 0 Å². The molecule has 0 aliphatic carbocycles. The highest BCUT2D eigenvalue weighted by Gasteiger charge is 2.11. The molecule has 0 radical (unpaired) electrons. The Morgan fingerprint density at radius 2 is 2.00 bits per heavy atom. The lowest BCUT2D eigenvalue weighted by Crippen LogP contribution is -2.25. The summed E-state index contributed by atoms with van der Waals surface area (Å²) < 4.78 is 0. The molecular weight excluding hydrogens is 238 g/mol. The fraction of sp³-hybridized carbons (Fsp3) is 0.333. The van der Waals surface area contributed by atoms with Crippen molar-refractivity contribution in [2.45, 2.75) is 20.3 Å². The predicted octanol–water partition coefficient (Wildman–Crippen LogP) is 2.59. The molecule has 1 aromatic carbocycles. The van der Waals surface area contributed by atoms with Crippen LogP contribution in [0.1, 0.15) is 30.6 Å². The summed E-state index contributed by atoms with van der Waals surface area (Å²) in [7, 11) is 0. The summed E-state index contributed by atoms with van der Waals surface area (Å²) in [4.78, 5) is 16.2. The van der Waals surface area contributed by atoms with E-state index in [9.17, 15) is 4.79 Å². The Balaban J connectivity index is 2.25. The SMILES string of the molecule is CC(C)CCNC(=O)c1cnc(N)c2ccccc12. The lowest BCUT2D eigenvalue weighted by Gasteiger charge is -2.10. The van der Waals surface area contributed by atoms with E-state index >= 15 is 0 Å². The van der Waals surface area contributed by atoms with Crippen LogP contribution in [0.25, 0.3) is 10.8 Å². The summed E-state index contributed by atoms with van der Waals surface area (Å²) in [6, 6.07) is 7.56. The lowest BCUT2D eigenvalue weighted by atomic mass is 10.1. The van der Waals surface area contributed by atoms with Crippen molar-refractivity contribution in [1.82, 2.24) is 10.3 Å². The summed E-state index contributed by atoms with van der Waals surface area (Å²) in [5.74, 6) is 0.931. The molecule has 19 heavy (non-hydrogen) atoms. The second kappa shape index (κ2) is 5.69. The summed E-state index contributed by atoms with van der Waals surface area (Å²) in [6.45, 7) is 4.94. The van der Waals surface area contributed by atoms with Crippen LogP contribution >= 0.6 is 0 Å². The van der Waals surface area contributed by atoms with Crippen LogP contribution in [0.15, 0.2) is 30.5 Å². The van der Waals surface area contributed by atoms with Crippen molar-refractivity contribution in [2.24, 2.45) is 5.92 Å². The van der Waals surface area contributed by atoms with Gasteiger partial charge in [-0.1, -0.05) is 38.1 Å². The van der Waals surface area contributed by atoms with E-state index in [1.54, 1.807) is 6.20 Å². The monoisotopic (exact) mass is 257 g/mol. The van der Waals surface area contributed by atoms with Gasteiger partial charge in [0.15, 0.2) is 0 Å². The van der Waals surface area contributed by atoms with Crippen LogP contribution in [0.4, 0.5) is 5.82 Å². The van der Waals surface area contributed by atoms with E-state index in [0.717, 1.165) is 17.2 Å². The van der Waals surface area contributed by atoms with Crippen LogP contribution in [0, 0.1) is 5.92 Å². The molecule has 0 unspecified atom stereocenters. The number of carbonyl (C=O) groups excluding carboxylic acids is 1. The molecule has 1 heterocycles. The van der Waals surface area contributed by atoms with Gasteiger partial charge in [-0.05, 0) is 17.7 Å². The van der Waals surface area contributed by atoms with Gasteiger partial charge in [-0.15, -0.1) is 0 Å². The van der Waals surface area contributed by atoms with Crippen molar-refractivity contribution in [2.75, 3.05) is 12.3 Å². The molecule has 4 heteroatoms. The Hall–Kier alpha value is -2.10. The Morgan fingerprint density at radius 1 is 1.32 bits per heavy atom. The van der Waals surface area contributed by atoms with Crippen LogP contribution in [0.3, 0.4) is 0 Å². The number of amides is 1. The first kappa shape index (κ1) is 13.3. The minimum absolute atomic E-state index is 0.0932. The largest absolute Gasteiger partial charge is 0.383 e. The van der Waals surface area contributed by atoms with Crippen molar-refractivity contribution >= 4 is 22.5 Å². The molecule has 0 saturated carbocycles. The second-order valence-electron chi connectivity index (χ2n) is 5.04. The number of carbonyl (C=O) groups is 1. The number of rotatable bonds is 4. The number of anilines is 1. The lowest BCUT2D eigenvalue weighted by molar-refractivity contribution is 0.0953. The molecule has 1 amide bonds.